The number of nitrogens with one attached hydrogen (secondary N) is 1. The Morgan fingerprint density at radius 3 is 2.90 bits per heavy atom. The number of anilines is 1. The van der Waals surface area contributed by atoms with E-state index in [-0.39, 0.29) is 6.04 Å². The van der Waals surface area contributed by atoms with Gasteiger partial charge in [0.15, 0.2) is 5.82 Å². The lowest BCUT2D eigenvalue weighted by atomic mass is 10.0. The highest BCUT2D eigenvalue weighted by Crippen LogP contribution is 2.36. The van der Waals surface area contributed by atoms with Gasteiger partial charge in [-0.3, -0.25) is 0 Å². The Morgan fingerprint density at radius 2 is 2.13 bits per heavy atom. The molecule has 0 bridgehead atoms. The van der Waals surface area contributed by atoms with Gasteiger partial charge in [-0.05, 0) is 43.5 Å². The predicted molar refractivity (Wildman–Crippen MR) is 112 cm³/mol. The number of hydrogen-bond acceptors (Lipinski definition) is 5. The van der Waals surface area contributed by atoms with Crippen LogP contribution in [0.4, 0.5) is 15.0 Å². The molecule has 2 N–H and O–H groups in total. The maximum atomic E-state index is 14.9. The zero-order chi connectivity index (χ0) is 21.3. The molecule has 0 aliphatic carbocycles. The molecule has 7 nitrogen and oxygen atoms in total. The molecule has 1 aliphatic rings. The van der Waals surface area contributed by atoms with Crippen LogP contribution in [0, 0.1) is 12.7 Å². The van der Waals surface area contributed by atoms with Crippen molar-refractivity contribution < 1.29 is 19.0 Å². The van der Waals surface area contributed by atoms with Crippen molar-refractivity contribution in [2.75, 3.05) is 25.5 Å². The van der Waals surface area contributed by atoms with Gasteiger partial charge in [0.25, 0.3) is 0 Å². The number of methoxy groups -OCH3 is 1. The molecule has 30 heavy (non-hydrogen) atoms. The average Bonchev–Trinajstić information content (AvgIpc) is 2.74. The molecule has 1 aliphatic heterocycles. The number of hydrogen-bond donors (Lipinski definition) is 2. The van der Waals surface area contributed by atoms with E-state index in [9.17, 15) is 14.3 Å². The van der Waals surface area contributed by atoms with Crippen LogP contribution in [0.1, 0.15) is 18.4 Å². The smallest absolute Gasteiger partial charge is 0.407 e. The van der Waals surface area contributed by atoms with Crippen LogP contribution in [-0.4, -0.2) is 52.5 Å². The first kappa shape index (κ1) is 19.9. The molecule has 2 aromatic carbocycles. The fraction of sp³-hybridized carbons (Fsp3) is 0.318. The molecule has 1 atom stereocenters. The Morgan fingerprint density at radius 1 is 1.30 bits per heavy atom. The van der Waals surface area contributed by atoms with Gasteiger partial charge in [-0.25, -0.2) is 9.18 Å². The second kappa shape index (κ2) is 8.14. The van der Waals surface area contributed by atoms with Gasteiger partial charge in [-0.1, -0.05) is 18.2 Å². The van der Waals surface area contributed by atoms with E-state index in [0.717, 1.165) is 24.0 Å². The van der Waals surface area contributed by atoms with Crippen LogP contribution in [0.15, 0.2) is 36.4 Å². The summed E-state index contributed by atoms with van der Waals surface area (Å²) in [5.41, 5.74) is 2.30. The summed E-state index contributed by atoms with van der Waals surface area (Å²) in [6.07, 6.45) is 0.552. The number of halogens is 1. The number of ether oxygens (including phenoxy) is 1. The molecule has 0 spiro atoms. The van der Waals surface area contributed by atoms with Crippen LogP contribution in [0.2, 0.25) is 0 Å². The number of fused-ring (bicyclic) bond motifs is 1. The predicted octanol–water partition coefficient (Wildman–Crippen LogP) is 4.31. The number of benzene rings is 2. The topological polar surface area (TPSA) is 87.6 Å². The Labute approximate surface area is 173 Å². The maximum absolute atomic E-state index is 14.9. The average molecular weight is 410 g/mol. The number of piperidine rings is 1. The molecular formula is C22H23FN4O3. The van der Waals surface area contributed by atoms with Gasteiger partial charge in [0.05, 0.1) is 12.5 Å². The highest BCUT2D eigenvalue weighted by molar-refractivity contribution is 6.01. The molecule has 1 unspecified atom stereocenters. The molecule has 8 heteroatoms. The number of amides is 1. The fourth-order valence-corrected chi connectivity index (χ4v) is 3.92. The summed E-state index contributed by atoms with van der Waals surface area (Å²) in [5, 5.41) is 22.1. The van der Waals surface area contributed by atoms with Crippen LogP contribution in [0.3, 0.4) is 0 Å². The van der Waals surface area contributed by atoms with Crippen LogP contribution in [0.5, 0.6) is 5.75 Å². The second-order valence-corrected chi connectivity index (χ2v) is 7.48. The van der Waals surface area contributed by atoms with Crippen LogP contribution >= 0.6 is 0 Å². The summed E-state index contributed by atoms with van der Waals surface area (Å²) in [6.45, 7) is 2.79. The minimum atomic E-state index is -0.953. The van der Waals surface area contributed by atoms with Crippen molar-refractivity contribution in [2.45, 2.75) is 25.8 Å². The van der Waals surface area contributed by atoms with Gasteiger partial charge in [-0.15, -0.1) is 10.2 Å². The number of aromatic nitrogens is 2. The Balaban J connectivity index is 1.77. The monoisotopic (exact) mass is 410 g/mol. The highest BCUT2D eigenvalue weighted by atomic mass is 19.1. The minimum Gasteiger partial charge on any atom is -0.496 e. The van der Waals surface area contributed by atoms with E-state index in [1.165, 1.54) is 11.0 Å². The molecular weight excluding hydrogens is 387 g/mol. The van der Waals surface area contributed by atoms with Crippen molar-refractivity contribution in [1.29, 1.82) is 0 Å². The molecule has 1 saturated heterocycles. The third kappa shape index (κ3) is 3.72. The summed E-state index contributed by atoms with van der Waals surface area (Å²) in [6, 6.07) is 10.4. The molecule has 3 aromatic rings. The number of aryl methyl sites for hydroxylation is 1. The zero-order valence-corrected chi connectivity index (χ0v) is 16.9. The van der Waals surface area contributed by atoms with E-state index >= 15 is 0 Å². The van der Waals surface area contributed by atoms with Crippen molar-refractivity contribution in [2.24, 2.45) is 0 Å². The SMILES string of the molecule is COc1cc(C)ccc1-c1nnc(NC2CCCN(C(=O)O)C2)c2c(F)cccc12. The highest BCUT2D eigenvalue weighted by Gasteiger charge is 2.25. The summed E-state index contributed by atoms with van der Waals surface area (Å²) < 4.78 is 20.4. The van der Waals surface area contributed by atoms with Gasteiger partial charge >= 0.3 is 6.09 Å². The van der Waals surface area contributed by atoms with Gasteiger partial charge < -0.3 is 20.1 Å². The first-order valence-electron chi connectivity index (χ1n) is 9.82. The molecule has 2 heterocycles. The normalized spacial score (nSPS) is 16.5. The first-order valence-corrected chi connectivity index (χ1v) is 9.82. The van der Waals surface area contributed by atoms with E-state index in [0.29, 0.717) is 41.1 Å². The molecule has 1 aromatic heterocycles. The van der Waals surface area contributed by atoms with E-state index in [2.05, 4.69) is 15.5 Å². The Kier molecular flexibility index (Phi) is 5.39. The molecule has 1 amide bonds. The lowest BCUT2D eigenvalue weighted by molar-refractivity contribution is 0.133. The van der Waals surface area contributed by atoms with E-state index in [1.807, 2.05) is 25.1 Å². The van der Waals surface area contributed by atoms with Crippen molar-refractivity contribution >= 4 is 22.7 Å². The van der Waals surface area contributed by atoms with Crippen LogP contribution in [-0.2, 0) is 0 Å². The molecule has 0 radical (unpaired) electrons. The van der Waals surface area contributed by atoms with Gasteiger partial charge in [-0.2, -0.15) is 0 Å². The van der Waals surface area contributed by atoms with Crippen molar-refractivity contribution in [3.05, 3.63) is 47.8 Å². The summed E-state index contributed by atoms with van der Waals surface area (Å²) >= 11 is 0. The van der Waals surface area contributed by atoms with E-state index < -0.39 is 11.9 Å². The lowest BCUT2D eigenvalue weighted by Gasteiger charge is -2.31. The second-order valence-electron chi connectivity index (χ2n) is 7.48. The molecule has 0 saturated carbocycles. The van der Waals surface area contributed by atoms with Gasteiger partial charge in [0.1, 0.15) is 17.3 Å². The number of rotatable bonds is 4. The third-order valence-corrected chi connectivity index (χ3v) is 5.40. The molecule has 4 rings (SSSR count). The summed E-state index contributed by atoms with van der Waals surface area (Å²) in [7, 11) is 1.58. The Bertz CT molecular complexity index is 1110. The number of likely N-dealkylation sites (tertiary alicyclic amines) is 1. The summed E-state index contributed by atoms with van der Waals surface area (Å²) in [4.78, 5) is 12.7. The Hall–Kier alpha value is -3.42. The largest absolute Gasteiger partial charge is 0.496 e. The minimum absolute atomic E-state index is 0.160. The number of carboxylic acid groups (broad SMARTS) is 1. The number of nitrogens with zero attached hydrogens (tertiary/aromatic N) is 3. The van der Waals surface area contributed by atoms with Crippen LogP contribution < -0.4 is 10.1 Å². The molecule has 1 fully saturated rings. The lowest BCUT2D eigenvalue weighted by Crippen LogP contribution is -2.44. The zero-order valence-electron chi connectivity index (χ0n) is 16.9. The first-order chi connectivity index (χ1) is 14.5. The van der Waals surface area contributed by atoms with Crippen molar-refractivity contribution in [1.82, 2.24) is 15.1 Å². The summed E-state index contributed by atoms with van der Waals surface area (Å²) in [5.74, 6) is 0.540. The third-order valence-electron chi connectivity index (χ3n) is 5.40. The standard InChI is InChI=1S/C22H23FN4O3/c1-13-8-9-15(18(11-13)30-2)20-16-6-3-7-17(23)19(16)21(26-25-20)24-14-5-4-10-27(12-14)22(28)29/h3,6-9,11,14H,4-5,10,12H2,1-2H3,(H,24,26)(H,28,29). The number of carbonyl (C=O) groups is 1. The quantitative estimate of drug-likeness (QED) is 0.667. The van der Waals surface area contributed by atoms with Gasteiger partial charge in [0.2, 0.25) is 0 Å². The molecule has 156 valence electrons. The van der Waals surface area contributed by atoms with Gasteiger partial charge in [0, 0.05) is 30.1 Å². The van der Waals surface area contributed by atoms with Crippen molar-refractivity contribution in [3.63, 3.8) is 0 Å². The van der Waals surface area contributed by atoms with Crippen LogP contribution in [0.25, 0.3) is 22.0 Å². The van der Waals surface area contributed by atoms with E-state index in [1.54, 1.807) is 19.2 Å². The van der Waals surface area contributed by atoms with E-state index in [4.69, 9.17) is 4.74 Å². The maximum Gasteiger partial charge on any atom is 0.407 e. The fourth-order valence-electron chi connectivity index (χ4n) is 3.92. The van der Waals surface area contributed by atoms with Crippen molar-refractivity contribution in [3.8, 4) is 17.0 Å².